The Balaban J connectivity index is 1.94. The molecule has 0 aliphatic heterocycles. The summed E-state index contributed by atoms with van der Waals surface area (Å²) in [6, 6.07) is 10.2. The fourth-order valence-electron chi connectivity index (χ4n) is 2.45. The molecular formula is C17H25NO. The highest BCUT2D eigenvalue weighted by atomic mass is 16.1. The van der Waals surface area contributed by atoms with Crippen molar-refractivity contribution in [3.05, 3.63) is 35.9 Å². The number of ketones is 1. The third kappa shape index (κ3) is 4.17. The minimum absolute atomic E-state index is 0.0727. The van der Waals surface area contributed by atoms with E-state index in [1.807, 2.05) is 30.3 Å². The lowest BCUT2D eigenvalue weighted by atomic mass is 9.98. The lowest BCUT2D eigenvalue weighted by molar-refractivity contribution is 0.0873. The van der Waals surface area contributed by atoms with E-state index in [1.54, 1.807) is 0 Å². The molecule has 0 amide bonds. The monoisotopic (exact) mass is 259 g/mol. The molecule has 0 bridgehead atoms. The highest BCUT2D eigenvalue weighted by molar-refractivity contribution is 5.97. The molecule has 2 rings (SSSR count). The smallest absolute Gasteiger partial charge is 0.166 e. The lowest BCUT2D eigenvalue weighted by Crippen LogP contribution is -2.38. The number of benzene rings is 1. The highest BCUT2D eigenvalue weighted by Crippen LogP contribution is 2.30. The van der Waals surface area contributed by atoms with Gasteiger partial charge in [0.15, 0.2) is 5.78 Å². The molecule has 19 heavy (non-hydrogen) atoms. The Morgan fingerprint density at radius 3 is 2.37 bits per heavy atom. The number of Topliss-reactive ketones (excluding diaryl/α,β-unsaturated/α-hetero) is 1. The van der Waals surface area contributed by atoms with Crippen molar-refractivity contribution in [1.29, 1.82) is 0 Å². The molecule has 0 spiro atoms. The second kappa shape index (κ2) is 6.33. The maximum atomic E-state index is 12.4. The molecule has 0 N–H and O–H groups in total. The van der Waals surface area contributed by atoms with E-state index in [0.717, 1.165) is 24.6 Å². The van der Waals surface area contributed by atoms with Crippen molar-refractivity contribution in [2.24, 2.45) is 11.8 Å². The van der Waals surface area contributed by atoms with Crippen LogP contribution in [0.1, 0.15) is 44.0 Å². The Morgan fingerprint density at radius 1 is 1.21 bits per heavy atom. The van der Waals surface area contributed by atoms with E-state index in [-0.39, 0.29) is 11.7 Å². The number of hydrogen-bond acceptors (Lipinski definition) is 2. The molecule has 1 aliphatic rings. The summed E-state index contributed by atoms with van der Waals surface area (Å²) in [5, 5.41) is 0. The van der Waals surface area contributed by atoms with Crippen LogP contribution in [-0.4, -0.2) is 29.8 Å². The van der Waals surface area contributed by atoms with Crippen LogP contribution in [0.4, 0.5) is 0 Å². The van der Waals surface area contributed by atoms with Crippen LogP contribution in [-0.2, 0) is 0 Å². The zero-order valence-electron chi connectivity index (χ0n) is 12.3. The average Bonchev–Trinajstić information content (AvgIpc) is 3.22. The van der Waals surface area contributed by atoms with Crippen LogP contribution >= 0.6 is 0 Å². The van der Waals surface area contributed by atoms with Gasteiger partial charge in [0.05, 0.1) is 0 Å². The fraction of sp³-hybridized carbons (Fsp3) is 0.588. The van der Waals surface area contributed by atoms with Gasteiger partial charge >= 0.3 is 0 Å². The summed E-state index contributed by atoms with van der Waals surface area (Å²) in [6.45, 7) is 8.54. The number of carbonyl (C=O) groups is 1. The molecule has 104 valence electrons. The first-order valence-electron chi connectivity index (χ1n) is 7.41. The number of carbonyl (C=O) groups excluding carboxylic acids is 1. The number of rotatable bonds is 7. The molecule has 0 heterocycles. The summed E-state index contributed by atoms with van der Waals surface area (Å²) in [4.78, 5) is 14.8. The lowest BCUT2D eigenvalue weighted by Gasteiger charge is -2.29. The Kier molecular flexibility index (Phi) is 4.76. The summed E-state index contributed by atoms with van der Waals surface area (Å²) in [5.41, 5.74) is 0.838. The summed E-state index contributed by atoms with van der Waals surface area (Å²) >= 11 is 0. The van der Waals surface area contributed by atoms with Gasteiger partial charge in [-0.1, -0.05) is 37.3 Å². The van der Waals surface area contributed by atoms with E-state index >= 15 is 0 Å². The molecule has 1 aliphatic carbocycles. The minimum atomic E-state index is 0.0727. The molecule has 0 aromatic heterocycles. The van der Waals surface area contributed by atoms with Crippen LogP contribution in [0, 0.1) is 11.8 Å². The van der Waals surface area contributed by atoms with E-state index in [9.17, 15) is 4.79 Å². The first-order chi connectivity index (χ1) is 9.08. The first-order valence-corrected chi connectivity index (χ1v) is 7.41. The second-order valence-electron chi connectivity index (χ2n) is 6.12. The number of hydrogen-bond donors (Lipinski definition) is 0. The molecule has 0 saturated heterocycles. The normalized spacial score (nSPS) is 16.9. The predicted molar refractivity (Wildman–Crippen MR) is 79.4 cm³/mol. The third-order valence-corrected chi connectivity index (χ3v) is 3.93. The zero-order valence-corrected chi connectivity index (χ0v) is 12.3. The van der Waals surface area contributed by atoms with Crippen LogP contribution in [0.25, 0.3) is 0 Å². The van der Waals surface area contributed by atoms with Crippen LogP contribution in [0.3, 0.4) is 0 Å². The molecule has 1 unspecified atom stereocenters. The Labute approximate surface area is 116 Å². The van der Waals surface area contributed by atoms with E-state index < -0.39 is 0 Å². The van der Waals surface area contributed by atoms with Gasteiger partial charge in [-0.2, -0.15) is 0 Å². The van der Waals surface area contributed by atoms with Crippen molar-refractivity contribution in [1.82, 2.24) is 4.90 Å². The molecule has 1 aromatic rings. The van der Waals surface area contributed by atoms with Gasteiger partial charge in [0.2, 0.25) is 0 Å². The van der Waals surface area contributed by atoms with Crippen LogP contribution in [0.2, 0.25) is 0 Å². The number of nitrogens with zero attached hydrogens (tertiary/aromatic N) is 1. The van der Waals surface area contributed by atoms with Crippen molar-refractivity contribution in [2.75, 3.05) is 13.1 Å². The first kappa shape index (κ1) is 14.3. The van der Waals surface area contributed by atoms with Gasteiger partial charge in [-0.05, 0) is 32.6 Å². The van der Waals surface area contributed by atoms with Crippen LogP contribution in [0.5, 0.6) is 0 Å². The van der Waals surface area contributed by atoms with Crippen molar-refractivity contribution in [3.63, 3.8) is 0 Å². The Hall–Kier alpha value is -1.15. The molecule has 2 heteroatoms. The zero-order chi connectivity index (χ0) is 13.8. The standard InChI is InChI=1S/C17H25NO/c1-13(2)18(12-15-9-10-15)11-14(3)17(19)16-7-5-4-6-8-16/h4-8,13-15H,9-12H2,1-3H3. The third-order valence-electron chi connectivity index (χ3n) is 3.93. The molecule has 1 atom stereocenters. The van der Waals surface area contributed by atoms with Crippen molar-refractivity contribution in [3.8, 4) is 0 Å². The van der Waals surface area contributed by atoms with Gasteiger partial charge < -0.3 is 0 Å². The molecular weight excluding hydrogens is 234 g/mol. The van der Waals surface area contributed by atoms with E-state index in [4.69, 9.17) is 0 Å². The topological polar surface area (TPSA) is 20.3 Å². The SMILES string of the molecule is CC(CN(CC1CC1)C(C)C)C(=O)c1ccccc1. The van der Waals surface area contributed by atoms with Gasteiger partial charge in [0, 0.05) is 30.6 Å². The van der Waals surface area contributed by atoms with Crippen LogP contribution in [0.15, 0.2) is 30.3 Å². The van der Waals surface area contributed by atoms with Crippen molar-refractivity contribution >= 4 is 5.78 Å². The van der Waals surface area contributed by atoms with Gasteiger partial charge in [-0.15, -0.1) is 0 Å². The average molecular weight is 259 g/mol. The van der Waals surface area contributed by atoms with Crippen molar-refractivity contribution in [2.45, 2.75) is 39.7 Å². The second-order valence-corrected chi connectivity index (χ2v) is 6.12. The van der Waals surface area contributed by atoms with Gasteiger partial charge in [0.25, 0.3) is 0 Å². The maximum Gasteiger partial charge on any atom is 0.166 e. The van der Waals surface area contributed by atoms with Gasteiger partial charge in [-0.25, -0.2) is 0 Å². The highest BCUT2D eigenvalue weighted by Gasteiger charge is 2.27. The van der Waals surface area contributed by atoms with E-state index in [0.29, 0.717) is 6.04 Å². The molecule has 1 fully saturated rings. The van der Waals surface area contributed by atoms with Crippen LogP contribution < -0.4 is 0 Å². The Morgan fingerprint density at radius 2 is 1.84 bits per heavy atom. The molecule has 1 aromatic carbocycles. The van der Waals surface area contributed by atoms with Gasteiger partial charge in [-0.3, -0.25) is 9.69 Å². The summed E-state index contributed by atoms with van der Waals surface area (Å²) in [5.74, 6) is 1.21. The fourth-order valence-corrected chi connectivity index (χ4v) is 2.45. The van der Waals surface area contributed by atoms with Crippen molar-refractivity contribution < 1.29 is 4.79 Å². The summed E-state index contributed by atoms with van der Waals surface area (Å²) < 4.78 is 0. The van der Waals surface area contributed by atoms with E-state index in [1.165, 1.54) is 12.8 Å². The Bertz CT molecular complexity index is 409. The maximum absolute atomic E-state index is 12.4. The predicted octanol–water partition coefficient (Wildman–Crippen LogP) is 3.63. The quantitative estimate of drug-likeness (QED) is 0.697. The molecule has 0 radical (unpaired) electrons. The molecule has 2 nitrogen and oxygen atoms in total. The van der Waals surface area contributed by atoms with E-state index in [2.05, 4.69) is 25.7 Å². The molecule has 1 saturated carbocycles. The summed E-state index contributed by atoms with van der Waals surface area (Å²) in [7, 11) is 0. The minimum Gasteiger partial charge on any atom is -0.300 e. The largest absolute Gasteiger partial charge is 0.300 e. The summed E-state index contributed by atoms with van der Waals surface area (Å²) in [6.07, 6.45) is 2.73. The van der Waals surface area contributed by atoms with Gasteiger partial charge in [0.1, 0.15) is 0 Å².